The fourth-order valence-electron chi connectivity index (χ4n) is 1.42. The molecule has 0 amide bonds. The Morgan fingerprint density at radius 1 is 1.55 bits per heavy atom. The third kappa shape index (κ3) is 2.05. The highest BCUT2D eigenvalue weighted by molar-refractivity contribution is 5.91. The first-order valence-corrected chi connectivity index (χ1v) is 3.67. The Labute approximate surface area is 66.1 Å². The van der Waals surface area contributed by atoms with Gasteiger partial charge in [-0.05, 0) is 11.8 Å². The Hall–Kier alpha value is -0.830. The summed E-state index contributed by atoms with van der Waals surface area (Å²) >= 11 is 0. The number of hydrogen-bond acceptors (Lipinski definition) is 3. The number of carbonyl (C=O) groups is 1. The highest BCUT2D eigenvalue weighted by Gasteiger charge is 2.27. The molecular formula is C8H13NO2. The smallest absolute Gasteiger partial charge is 0.158 e. The maximum Gasteiger partial charge on any atom is 0.158 e. The van der Waals surface area contributed by atoms with E-state index in [2.05, 4.69) is 0 Å². The predicted molar refractivity (Wildman–Crippen MR) is 41.0 cm³/mol. The van der Waals surface area contributed by atoms with Crippen LogP contribution in [0.15, 0.2) is 11.8 Å². The number of carbonyl (C=O) groups excluding carboxylic acids is 1. The molecule has 1 aliphatic carbocycles. The van der Waals surface area contributed by atoms with E-state index in [1.54, 1.807) is 0 Å². The summed E-state index contributed by atoms with van der Waals surface area (Å²) in [6, 6.07) is 0. The molecule has 2 N–H and O–H groups in total. The number of nitrogens with one attached hydrogen (secondary N) is 1. The topological polar surface area (TPSA) is 49.3 Å². The molecule has 1 aliphatic rings. The van der Waals surface area contributed by atoms with Crippen LogP contribution in [0, 0.1) is 5.41 Å². The lowest BCUT2D eigenvalue weighted by atomic mass is 9.79. The van der Waals surface area contributed by atoms with Crippen molar-refractivity contribution in [3.05, 3.63) is 11.8 Å². The quantitative estimate of drug-likeness (QED) is 0.560. The first kappa shape index (κ1) is 8.27. The highest BCUT2D eigenvalue weighted by Crippen LogP contribution is 2.32. The summed E-state index contributed by atoms with van der Waals surface area (Å²) in [5.41, 5.74) is 2.63. The zero-order valence-corrected chi connectivity index (χ0v) is 6.85. The standard InChI is InChI=1S/C8H13NO2/c1-8(2)4-6(9-11)3-7(10)5-8/h3,9,11H,4-5H2,1-2H3. The second-order valence-electron chi connectivity index (χ2n) is 3.77. The van der Waals surface area contributed by atoms with E-state index >= 15 is 0 Å². The predicted octanol–water partition coefficient (Wildman–Crippen LogP) is 1.24. The van der Waals surface area contributed by atoms with Crippen molar-refractivity contribution in [2.24, 2.45) is 5.41 Å². The van der Waals surface area contributed by atoms with E-state index in [1.165, 1.54) is 6.08 Å². The molecular weight excluding hydrogens is 142 g/mol. The number of allylic oxidation sites excluding steroid dienone is 2. The molecule has 0 aliphatic heterocycles. The van der Waals surface area contributed by atoms with Crippen molar-refractivity contribution in [2.75, 3.05) is 0 Å². The van der Waals surface area contributed by atoms with Gasteiger partial charge in [-0.1, -0.05) is 13.8 Å². The number of ketones is 1. The van der Waals surface area contributed by atoms with Crippen LogP contribution in [0.2, 0.25) is 0 Å². The van der Waals surface area contributed by atoms with Crippen molar-refractivity contribution in [3.63, 3.8) is 0 Å². The number of hydrogen-bond donors (Lipinski definition) is 2. The Morgan fingerprint density at radius 2 is 2.18 bits per heavy atom. The molecule has 0 atom stereocenters. The van der Waals surface area contributed by atoms with E-state index in [0.717, 1.165) is 6.42 Å². The third-order valence-electron chi connectivity index (χ3n) is 1.80. The second-order valence-corrected chi connectivity index (χ2v) is 3.77. The average molecular weight is 155 g/mol. The summed E-state index contributed by atoms with van der Waals surface area (Å²) in [7, 11) is 0. The Kier molecular flexibility index (Phi) is 2.00. The lowest BCUT2D eigenvalue weighted by Gasteiger charge is -2.27. The number of hydroxylamine groups is 1. The zero-order valence-electron chi connectivity index (χ0n) is 6.85. The molecule has 0 radical (unpaired) electrons. The van der Waals surface area contributed by atoms with E-state index in [0.29, 0.717) is 12.1 Å². The highest BCUT2D eigenvalue weighted by atomic mass is 16.5. The summed E-state index contributed by atoms with van der Waals surface area (Å²) in [6.45, 7) is 4.02. The molecule has 0 aromatic carbocycles. The molecule has 62 valence electrons. The van der Waals surface area contributed by atoms with E-state index in [1.807, 2.05) is 19.3 Å². The van der Waals surface area contributed by atoms with Gasteiger partial charge in [0.05, 0.1) is 0 Å². The Morgan fingerprint density at radius 3 is 2.64 bits per heavy atom. The molecule has 0 heterocycles. The largest absolute Gasteiger partial charge is 0.295 e. The molecule has 1 rings (SSSR count). The van der Waals surface area contributed by atoms with Crippen LogP contribution in [-0.4, -0.2) is 11.0 Å². The van der Waals surface area contributed by atoms with Gasteiger partial charge < -0.3 is 0 Å². The zero-order chi connectivity index (χ0) is 8.48. The van der Waals surface area contributed by atoms with E-state index in [4.69, 9.17) is 5.21 Å². The molecule has 0 spiro atoms. The Balaban J connectivity index is 2.78. The normalized spacial score (nSPS) is 22.8. The molecule has 0 aromatic heterocycles. The van der Waals surface area contributed by atoms with Crippen molar-refractivity contribution in [2.45, 2.75) is 26.7 Å². The van der Waals surface area contributed by atoms with Crippen LogP contribution >= 0.6 is 0 Å². The van der Waals surface area contributed by atoms with Crippen molar-refractivity contribution >= 4 is 5.78 Å². The molecule has 0 saturated heterocycles. The van der Waals surface area contributed by atoms with Crippen LogP contribution in [0.3, 0.4) is 0 Å². The van der Waals surface area contributed by atoms with Crippen LogP contribution in [-0.2, 0) is 4.79 Å². The van der Waals surface area contributed by atoms with Crippen LogP contribution in [0.25, 0.3) is 0 Å². The summed E-state index contributed by atoms with van der Waals surface area (Å²) < 4.78 is 0. The van der Waals surface area contributed by atoms with Gasteiger partial charge in [-0.2, -0.15) is 0 Å². The van der Waals surface area contributed by atoms with Gasteiger partial charge in [0.1, 0.15) is 0 Å². The van der Waals surface area contributed by atoms with E-state index in [9.17, 15) is 4.79 Å². The van der Waals surface area contributed by atoms with Crippen LogP contribution in [0.5, 0.6) is 0 Å². The fourth-order valence-corrected chi connectivity index (χ4v) is 1.42. The second kappa shape index (κ2) is 2.66. The van der Waals surface area contributed by atoms with Gasteiger partial charge in [0.2, 0.25) is 0 Å². The SMILES string of the molecule is CC1(C)CC(=O)C=C(NO)C1. The monoisotopic (exact) mass is 155 g/mol. The molecule has 0 unspecified atom stereocenters. The van der Waals surface area contributed by atoms with E-state index < -0.39 is 0 Å². The van der Waals surface area contributed by atoms with Crippen LogP contribution < -0.4 is 5.48 Å². The van der Waals surface area contributed by atoms with Crippen molar-refractivity contribution in [3.8, 4) is 0 Å². The summed E-state index contributed by atoms with van der Waals surface area (Å²) in [5.74, 6) is 0.0813. The molecule has 0 saturated carbocycles. The molecule has 0 bridgehead atoms. The van der Waals surface area contributed by atoms with Crippen LogP contribution in [0.1, 0.15) is 26.7 Å². The van der Waals surface area contributed by atoms with Gasteiger partial charge in [-0.25, -0.2) is 0 Å². The van der Waals surface area contributed by atoms with Crippen molar-refractivity contribution in [1.29, 1.82) is 0 Å². The summed E-state index contributed by atoms with van der Waals surface area (Å²) in [5, 5.41) is 8.57. The Bertz CT molecular complexity index is 206. The van der Waals surface area contributed by atoms with Gasteiger partial charge in [-0.15, -0.1) is 0 Å². The molecule has 0 fully saturated rings. The van der Waals surface area contributed by atoms with Crippen molar-refractivity contribution < 1.29 is 10.0 Å². The van der Waals surface area contributed by atoms with Crippen LogP contribution in [0.4, 0.5) is 0 Å². The van der Waals surface area contributed by atoms with E-state index in [-0.39, 0.29) is 11.2 Å². The lowest BCUT2D eigenvalue weighted by molar-refractivity contribution is -0.117. The maximum atomic E-state index is 11.0. The van der Waals surface area contributed by atoms with Crippen molar-refractivity contribution in [1.82, 2.24) is 5.48 Å². The van der Waals surface area contributed by atoms with Gasteiger partial charge in [-0.3, -0.25) is 15.5 Å². The number of rotatable bonds is 1. The molecule has 3 heteroatoms. The fraction of sp³-hybridized carbons (Fsp3) is 0.625. The average Bonchev–Trinajstić information content (AvgIpc) is 1.83. The minimum atomic E-state index is -0.0170. The minimum Gasteiger partial charge on any atom is -0.295 e. The summed E-state index contributed by atoms with van der Waals surface area (Å²) in [6.07, 6.45) is 2.76. The first-order chi connectivity index (χ1) is 5.03. The molecule has 0 aromatic rings. The van der Waals surface area contributed by atoms with Gasteiger partial charge in [0.15, 0.2) is 5.78 Å². The first-order valence-electron chi connectivity index (χ1n) is 3.67. The third-order valence-corrected chi connectivity index (χ3v) is 1.80. The minimum absolute atomic E-state index is 0.0170. The lowest BCUT2D eigenvalue weighted by Crippen LogP contribution is -2.26. The van der Waals surface area contributed by atoms with Gasteiger partial charge >= 0.3 is 0 Å². The maximum absolute atomic E-state index is 11.0. The summed E-state index contributed by atoms with van der Waals surface area (Å²) in [4.78, 5) is 11.0. The molecule has 11 heavy (non-hydrogen) atoms. The van der Waals surface area contributed by atoms with Gasteiger partial charge in [0, 0.05) is 18.2 Å². The van der Waals surface area contributed by atoms with Gasteiger partial charge in [0.25, 0.3) is 0 Å². The molecule has 3 nitrogen and oxygen atoms in total.